The van der Waals surface area contributed by atoms with Crippen molar-refractivity contribution >= 4 is 11.7 Å². The van der Waals surface area contributed by atoms with Gasteiger partial charge >= 0.3 is 0 Å². The first-order chi connectivity index (χ1) is 15.0. The van der Waals surface area contributed by atoms with Crippen molar-refractivity contribution in [2.75, 3.05) is 6.79 Å². The molecule has 2 aromatic rings. The normalized spacial score (nSPS) is 22.4. The van der Waals surface area contributed by atoms with Crippen LogP contribution >= 0.6 is 0 Å². The smallest absolute Gasteiger partial charge is 0.231 e. The summed E-state index contributed by atoms with van der Waals surface area (Å²) in [6, 6.07) is 13.6. The Morgan fingerprint density at radius 3 is 2.45 bits per heavy atom. The number of allylic oxidation sites excluding steroid dienone is 2. The number of carbonyl (C=O) groups excluding carboxylic acids is 2. The summed E-state index contributed by atoms with van der Waals surface area (Å²) < 4.78 is 16.6. The van der Waals surface area contributed by atoms with Crippen molar-refractivity contribution in [3.05, 3.63) is 64.9 Å². The first-order valence-corrected chi connectivity index (χ1v) is 10.7. The first kappa shape index (κ1) is 19.7. The van der Waals surface area contributed by atoms with Crippen molar-refractivity contribution in [1.82, 2.24) is 5.32 Å². The molecule has 0 fully saturated rings. The first-order valence-electron chi connectivity index (χ1n) is 10.7. The highest BCUT2D eigenvalue weighted by atomic mass is 16.7. The maximum Gasteiger partial charge on any atom is 0.231 e. The molecule has 0 saturated heterocycles. The van der Waals surface area contributed by atoms with Crippen LogP contribution in [0.3, 0.4) is 0 Å². The second kappa shape index (κ2) is 7.76. The van der Waals surface area contributed by atoms with Crippen LogP contribution < -0.4 is 19.5 Å². The molecule has 160 valence electrons. The molecule has 2 heterocycles. The van der Waals surface area contributed by atoms with E-state index in [2.05, 4.69) is 5.32 Å². The summed E-state index contributed by atoms with van der Waals surface area (Å²) in [4.78, 5) is 25.8. The van der Waals surface area contributed by atoms with E-state index in [1.165, 1.54) is 0 Å². The van der Waals surface area contributed by atoms with E-state index in [0.29, 0.717) is 24.3 Å². The number of ether oxygens (including phenoxy) is 3. The zero-order chi connectivity index (χ0) is 21.5. The van der Waals surface area contributed by atoms with E-state index in [1.54, 1.807) is 0 Å². The summed E-state index contributed by atoms with van der Waals surface area (Å²) in [6.07, 6.45) is 1.44. The summed E-state index contributed by atoms with van der Waals surface area (Å²) >= 11 is 0. The van der Waals surface area contributed by atoms with Gasteiger partial charge in [0, 0.05) is 30.0 Å². The average Bonchev–Trinajstić information content (AvgIpc) is 3.20. The topological polar surface area (TPSA) is 73.9 Å². The maximum atomic E-state index is 13.3. The fourth-order valence-electron chi connectivity index (χ4n) is 4.70. The lowest BCUT2D eigenvalue weighted by atomic mass is 9.73. The number of carbonyl (C=O) groups is 2. The molecular formula is C25H25NO5. The van der Waals surface area contributed by atoms with Gasteiger partial charge in [0.1, 0.15) is 5.75 Å². The van der Waals surface area contributed by atoms with Crippen molar-refractivity contribution in [3.63, 3.8) is 0 Å². The number of fused-ring (bicyclic) bond motifs is 1. The molecule has 1 aliphatic carbocycles. The largest absolute Gasteiger partial charge is 0.491 e. The van der Waals surface area contributed by atoms with Crippen LogP contribution in [0.1, 0.15) is 56.1 Å². The molecule has 2 aliphatic heterocycles. The van der Waals surface area contributed by atoms with Crippen LogP contribution in [-0.4, -0.2) is 24.6 Å². The van der Waals surface area contributed by atoms with Gasteiger partial charge in [-0.1, -0.05) is 18.2 Å². The zero-order valence-corrected chi connectivity index (χ0v) is 17.6. The van der Waals surface area contributed by atoms with Crippen LogP contribution in [0.4, 0.5) is 0 Å². The second-order valence-electron chi connectivity index (χ2n) is 8.57. The fourth-order valence-corrected chi connectivity index (χ4v) is 4.70. The van der Waals surface area contributed by atoms with Gasteiger partial charge in [0.2, 0.25) is 12.7 Å². The summed E-state index contributed by atoms with van der Waals surface area (Å²) in [7, 11) is 0. The van der Waals surface area contributed by atoms with Gasteiger partial charge in [-0.25, -0.2) is 0 Å². The molecule has 6 heteroatoms. The van der Waals surface area contributed by atoms with Gasteiger partial charge in [-0.15, -0.1) is 0 Å². The molecule has 0 aromatic heterocycles. The Hall–Kier alpha value is -3.28. The molecule has 2 aromatic carbocycles. The van der Waals surface area contributed by atoms with Crippen molar-refractivity contribution in [3.8, 4) is 17.2 Å². The highest BCUT2D eigenvalue weighted by Gasteiger charge is 2.38. The van der Waals surface area contributed by atoms with Gasteiger partial charge in [0.25, 0.3) is 0 Å². The predicted molar refractivity (Wildman–Crippen MR) is 114 cm³/mol. The number of Topliss-reactive ketones (excluding diaryl/α,β-unsaturated/α-hetero) is 1. The minimum atomic E-state index is -0.256. The standard InChI is InChI=1S/C25H25NO5/c1-14(2)31-18-6-3-15(4-7-18)17-9-20-25(21(27)10-17)19(12-24(28)26-20)16-5-8-22-23(11-16)30-13-29-22/h3-8,11,14,17,19H,9-10,12-13H2,1-2H3,(H,26,28)/t17-,19-/m0/s1. The predicted octanol–water partition coefficient (Wildman–Crippen LogP) is 4.21. The van der Waals surface area contributed by atoms with Crippen LogP contribution in [0.2, 0.25) is 0 Å². The van der Waals surface area contributed by atoms with Gasteiger partial charge in [0.15, 0.2) is 17.3 Å². The molecule has 31 heavy (non-hydrogen) atoms. The monoisotopic (exact) mass is 419 g/mol. The third-order valence-electron chi connectivity index (χ3n) is 6.06. The van der Waals surface area contributed by atoms with Gasteiger partial charge in [-0.2, -0.15) is 0 Å². The summed E-state index contributed by atoms with van der Waals surface area (Å²) in [6.45, 7) is 4.17. The van der Waals surface area contributed by atoms with E-state index < -0.39 is 0 Å². The molecule has 0 radical (unpaired) electrons. The maximum absolute atomic E-state index is 13.3. The van der Waals surface area contributed by atoms with Gasteiger partial charge < -0.3 is 19.5 Å². The second-order valence-corrected chi connectivity index (χ2v) is 8.57. The number of nitrogens with one attached hydrogen (secondary N) is 1. The van der Waals surface area contributed by atoms with Crippen molar-refractivity contribution < 1.29 is 23.8 Å². The fraction of sp³-hybridized carbons (Fsp3) is 0.360. The number of amides is 1. The van der Waals surface area contributed by atoms with Crippen LogP contribution in [0, 0.1) is 0 Å². The zero-order valence-electron chi connectivity index (χ0n) is 17.6. The van der Waals surface area contributed by atoms with E-state index in [-0.39, 0.29) is 42.8 Å². The van der Waals surface area contributed by atoms with Crippen LogP contribution in [-0.2, 0) is 9.59 Å². The summed E-state index contributed by atoms with van der Waals surface area (Å²) in [5.41, 5.74) is 3.47. The SMILES string of the molecule is CC(C)Oc1ccc([C@@H]2CC(=O)C3=C(C2)NC(=O)C[C@H]3c2ccc3c(c2)OCO3)cc1. The summed E-state index contributed by atoms with van der Waals surface area (Å²) in [5, 5.41) is 2.98. The van der Waals surface area contributed by atoms with Gasteiger partial charge in [0.05, 0.1) is 6.10 Å². The van der Waals surface area contributed by atoms with Crippen LogP contribution in [0.15, 0.2) is 53.7 Å². The number of hydrogen-bond donors (Lipinski definition) is 1. The molecule has 2 atom stereocenters. The molecule has 0 spiro atoms. The van der Waals surface area contributed by atoms with Crippen molar-refractivity contribution in [2.45, 2.75) is 51.0 Å². The molecular weight excluding hydrogens is 394 g/mol. The minimum absolute atomic E-state index is 0.0372. The molecule has 1 N–H and O–H groups in total. The third-order valence-corrected chi connectivity index (χ3v) is 6.06. The summed E-state index contributed by atoms with van der Waals surface area (Å²) in [5.74, 6) is 1.99. The Balaban J connectivity index is 1.43. The molecule has 0 saturated carbocycles. The average molecular weight is 419 g/mol. The molecule has 5 rings (SSSR count). The molecule has 0 unspecified atom stereocenters. The molecule has 3 aliphatic rings. The van der Waals surface area contributed by atoms with Crippen LogP contribution in [0.5, 0.6) is 17.2 Å². The van der Waals surface area contributed by atoms with E-state index in [9.17, 15) is 9.59 Å². The Morgan fingerprint density at radius 1 is 0.935 bits per heavy atom. The lowest BCUT2D eigenvalue weighted by molar-refractivity contribution is -0.122. The molecule has 0 bridgehead atoms. The van der Waals surface area contributed by atoms with Gasteiger partial charge in [-0.05, 0) is 61.6 Å². The Kier molecular flexibility index (Phi) is 4.93. The highest BCUT2D eigenvalue weighted by Crippen LogP contribution is 2.44. The Bertz CT molecular complexity index is 1070. The van der Waals surface area contributed by atoms with E-state index in [1.807, 2.05) is 56.3 Å². The number of ketones is 1. The van der Waals surface area contributed by atoms with Crippen molar-refractivity contribution in [2.24, 2.45) is 0 Å². The quantitative estimate of drug-likeness (QED) is 0.804. The lowest BCUT2D eigenvalue weighted by Gasteiger charge is -2.34. The number of benzene rings is 2. The van der Waals surface area contributed by atoms with Crippen molar-refractivity contribution in [1.29, 1.82) is 0 Å². The number of rotatable bonds is 4. The number of hydrogen-bond acceptors (Lipinski definition) is 5. The van der Waals surface area contributed by atoms with E-state index in [0.717, 1.165) is 28.1 Å². The van der Waals surface area contributed by atoms with Crippen LogP contribution in [0.25, 0.3) is 0 Å². The Labute approximate surface area is 181 Å². The lowest BCUT2D eigenvalue weighted by Crippen LogP contribution is -2.38. The minimum Gasteiger partial charge on any atom is -0.491 e. The molecule has 1 amide bonds. The van der Waals surface area contributed by atoms with E-state index >= 15 is 0 Å². The third kappa shape index (κ3) is 3.78. The molecule has 6 nitrogen and oxygen atoms in total. The van der Waals surface area contributed by atoms with Gasteiger partial charge in [-0.3, -0.25) is 9.59 Å². The Morgan fingerprint density at radius 2 is 1.68 bits per heavy atom. The van der Waals surface area contributed by atoms with E-state index in [4.69, 9.17) is 14.2 Å². The highest BCUT2D eigenvalue weighted by molar-refractivity contribution is 6.02.